The molecule has 1 aliphatic heterocycles. The van der Waals surface area contributed by atoms with Crippen LogP contribution in [-0.2, 0) is 60.7 Å². The molecule has 3 rings (SSSR count). The van der Waals surface area contributed by atoms with E-state index in [0.29, 0.717) is 31.6 Å². The van der Waals surface area contributed by atoms with Gasteiger partial charge in [-0.15, -0.1) is 0 Å². The molecule has 0 spiro atoms. The molecule has 0 saturated carbocycles. The van der Waals surface area contributed by atoms with Gasteiger partial charge >= 0.3 is 24.0 Å². The first-order valence-corrected chi connectivity index (χ1v) is 24.3. The lowest BCUT2D eigenvalue weighted by molar-refractivity contribution is -0.162. The maximum atomic E-state index is 14.2. The normalized spacial score (nSPS) is 17.3. The summed E-state index contributed by atoms with van der Waals surface area (Å²) in [6, 6.07) is 11.2. The van der Waals surface area contributed by atoms with Crippen LogP contribution in [0.2, 0.25) is 0 Å². The number of carbonyl (C=O) groups excluding carboxylic acids is 7. The van der Waals surface area contributed by atoms with Gasteiger partial charge in [-0.25, -0.2) is 9.59 Å². The molecule has 18 heteroatoms. The fourth-order valence-electron chi connectivity index (χ4n) is 7.97. The minimum Gasteiger partial charge on any atom is -0.497 e. The van der Waals surface area contributed by atoms with E-state index >= 15 is 0 Å². The van der Waals surface area contributed by atoms with Crippen LogP contribution in [-0.4, -0.2) is 139 Å². The zero-order chi connectivity index (χ0) is 52.5. The van der Waals surface area contributed by atoms with E-state index in [1.807, 2.05) is 63.2 Å². The van der Waals surface area contributed by atoms with Gasteiger partial charge in [-0.1, -0.05) is 90.4 Å². The Morgan fingerprint density at radius 3 is 2.04 bits per heavy atom. The number of rotatable bonds is 25. The monoisotopic (exact) mass is 982 g/mol. The molecule has 0 aliphatic carbocycles. The van der Waals surface area contributed by atoms with Crippen LogP contribution < -0.4 is 20.7 Å². The first-order chi connectivity index (χ1) is 32.8. The molecule has 1 fully saturated rings. The van der Waals surface area contributed by atoms with Crippen molar-refractivity contribution >= 4 is 41.7 Å². The number of nitrogens with zero attached hydrogens (tertiary/aromatic N) is 2. The number of likely N-dealkylation sites (N-methyl/N-ethyl adjacent to an activating group) is 1. The third-order valence-corrected chi connectivity index (χ3v) is 12.0. The third-order valence-electron chi connectivity index (χ3n) is 12.0. The van der Waals surface area contributed by atoms with Crippen LogP contribution in [0.15, 0.2) is 54.6 Å². The Kier molecular flexibility index (Phi) is 23.1. The van der Waals surface area contributed by atoms with Gasteiger partial charge < -0.3 is 49.6 Å². The minimum absolute atomic E-state index is 0.0442. The third kappa shape index (κ3) is 18.5. The number of nitrogens with one attached hydrogen (secondary N) is 3. The van der Waals surface area contributed by atoms with E-state index in [9.17, 15) is 38.7 Å². The van der Waals surface area contributed by atoms with E-state index in [4.69, 9.17) is 23.7 Å². The van der Waals surface area contributed by atoms with Gasteiger partial charge in [0.2, 0.25) is 11.8 Å². The molecular weight excluding hydrogens is 903 g/mol. The summed E-state index contributed by atoms with van der Waals surface area (Å²) in [7, 11) is 4.98. The number of amides is 4. The van der Waals surface area contributed by atoms with Crippen molar-refractivity contribution in [3.05, 3.63) is 65.7 Å². The molecule has 70 heavy (non-hydrogen) atoms. The molecule has 0 bridgehead atoms. The van der Waals surface area contributed by atoms with Crippen molar-refractivity contribution in [2.75, 3.05) is 27.7 Å². The van der Waals surface area contributed by atoms with E-state index in [1.54, 1.807) is 79.8 Å². The second kappa shape index (κ2) is 27.6. The van der Waals surface area contributed by atoms with Gasteiger partial charge in [0.1, 0.15) is 48.2 Å². The maximum absolute atomic E-state index is 14.2. The summed E-state index contributed by atoms with van der Waals surface area (Å²) in [5, 5.41) is 19.7. The lowest BCUT2D eigenvalue weighted by atomic mass is 9.92. The summed E-state index contributed by atoms with van der Waals surface area (Å²) in [6.45, 7) is 17.4. The first kappa shape index (κ1) is 58.6. The Morgan fingerprint density at radius 1 is 0.843 bits per heavy atom. The number of ether oxygens (including phenoxy) is 5. The number of aliphatic hydroxyl groups is 1. The Hall–Kier alpha value is -5.75. The van der Waals surface area contributed by atoms with Gasteiger partial charge in [0.05, 0.1) is 25.7 Å². The second-order valence-corrected chi connectivity index (χ2v) is 20.1. The molecule has 0 radical (unpaired) electrons. The topological polar surface area (TPSA) is 228 Å². The number of methoxy groups -OCH3 is 1. The molecule has 4 N–H and O–H groups in total. The van der Waals surface area contributed by atoms with Crippen molar-refractivity contribution in [2.45, 2.75) is 168 Å². The Bertz CT molecular complexity index is 2020. The van der Waals surface area contributed by atoms with Crippen molar-refractivity contribution in [2.24, 2.45) is 17.8 Å². The number of likely N-dealkylation sites (tertiary alicyclic amines) is 1. The number of benzene rings is 2. The van der Waals surface area contributed by atoms with Gasteiger partial charge in [-0.05, 0) is 108 Å². The molecular formula is C52H79N5O13. The average molecular weight is 982 g/mol. The molecule has 390 valence electrons. The molecule has 2 aromatic rings. The molecule has 2 aromatic carbocycles. The van der Waals surface area contributed by atoms with E-state index < -0.39 is 114 Å². The molecule has 0 aromatic heterocycles. The van der Waals surface area contributed by atoms with Crippen molar-refractivity contribution < 1.29 is 62.4 Å². The summed E-state index contributed by atoms with van der Waals surface area (Å²) in [6.07, 6.45) is -3.86. The summed E-state index contributed by atoms with van der Waals surface area (Å²) >= 11 is 0. The standard InChI is InChI=1S/C52H79N5O13/c1-14-33(6)43(54-46(60)44(55-51(65)70-52(8,9)10)34(7)68-50(64)40(56(11)12)28-35-22-24-37(66-13)25-23-35)41(58)29-42(59)69-45(32(4)5)47(61)53-38(27-31(2)3)48(62)57-26-18-21-39(57)49(63)67-30-36-19-16-15-17-20-36/h15-17,19-20,22-25,31-34,38-41,43-45,58H,14,18,21,26-30H2,1-13H3,(H,53,61)(H,54,60)(H,55,65)/t33-,34+,38-,39-,40-,41-,43+,44-,45-/m0/s1. The number of hydrogen-bond acceptors (Lipinski definition) is 14. The van der Waals surface area contributed by atoms with Crippen LogP contribution in [0.1, 0.15) is 112 Å². The van der Waals surface area contributed by atoms with Crippen molar-refractivity contribution in [3.63, 3.8) is 0 Å². The zero-order valence-electron chi connectivity index (χ0n) is 43.4. The summed E-state index contributed by atoms with van der Waals surface area (Å²) < 4.78 is 27.9. The molecule has 18 nitrogen and oxygen atoms in total. The fourth-order valence-corrected chi connectivity index (χ4v) is 7.97. The predicted molar refractivity (Wildman–Crippen MR) is 262 cm³/mol. The van der Waals surface area contributed by atoms with Gasteiger partial charge in [0.15, 0.2) is 6.10 Å². The lowest BCUT2D eigenvalue weighted by Gasteiger charge is -2.33. The molecule has 1 saturated heterocycles. The number of alkyl carbamates (subject to hydrolysis) is 1. The Balaban J connectivity index is 1.77. The van der Waals surface area contributed by atoms with Crippen LogP contribution >= 0.6 is 0 Å². The number of carbonyl (C=O) groups is 7. The highest BCUT2D eigenvalue weighted by atomic mass is 16.6. The molecule has 1 aliphatic rings. The number of aliphatic hydroxyl groups excluding tert-OH is 1. The smallest absolute Gasteiger partial charge is 0.408 e. The van der Waals surface area contributed by atoms with Gasteiger partial charge in [0.25, 0.3) is 5.91 Å². The van der Waals surface area contributed by atoms with Crippen LogP contribution in [0.25, 0.3) is 0 Å². The van der Waals surface area contributed by atoms with Crippen LogP contribution in [0, 0.1) is 17.8 Å². The average Bonchev–Trinajstić information content (AvgIpc) is 3.79. The fraction of sp³-hybridized carbons (Fsp3) is 0.635. The van der Waals surface area contributed by atoms with Gasteiger partial charge in [-0.2, -0.15) is 0 Å². The molecule has 1 heterocycles. The highest BCUT2D eigenvalue weighted by molar-refractivity contribution is 5.93. The quantitative estimate of drug-likeness (QED) is 0.0750. The molecule has 9 atom stereocenters. The van der Waals surface area contributed by atoms with Gasteiger partial charge in [0, 0.05) is 6.54 Å². The van der Waals surface area contributed by atoms with Crippen LogP contribution in [0.5, 0.6) is 5.75 Å². The number of esters is 3. The van der Waals surface area contributed by atoms with Crippen molar-refractivity contribution in [3.8, 4) is 5.75 Å². The highest BCUT2D eigenvalue weighted by Gasteiger charge is 2.41. The summed E-state index contributed by atoms with van der Waals surface area (Å²) in [4.78, 5) is 99.2. The second-order valence-electron chi connectivity index (χ2n) is 20.1. The SMILES string of the molecule is CC[C@H](C)[C@@H](NC(=O)[C@@H](NC(=O)OC(C)(C)C)[C@@H](C)OC(=O)[C@H](Cc1ccc(OC)cc1)N(C)C)[C@@H](O)CC(=O)O[C@H](C(=O)N[C@@H](CC(C)C)C(=O)N1CCC[C@H]1C(=O)OCc1ccccc1)C(C)C. The zero-order valence-corrected chi connectivity index (χ0v) is 43.4. The number of hydrogen-bond donors (Lipinski definition) is 4. The lowest BCUT2D eigenvalue weighted by Crippen LogP contribution is -2.59. The molecule has 0 unspecified atom stereocenters. The first-order valence-electron chi connectivity index (χ1n) is 24.3. The van der Waals surface area contributed by atoms with E-state index in [2.05, 4.69) is 16.0 Å². The largest absolute Gasteiger partial charge is 0.497 e. The van der Waals surface area contributed by atoms with Crippen LogP contribution in [0.4, 0.5) is 4.79 Å². The van der Waals surface area contributed by atoms with Crippen molar-refractivity contribution in [1.29, 1.82) is 0 Å². The minimum atomic E-state index is -1.55. The van der Waals surface area contributed by atoms with E-state index in [0.717, 1.165) is 11.1 Å². The summed E-state index contributed by atoms with van der Waals surface area (Å²) in [5.41, 5.74) is 0.687. The van der Waals surface area contributed by atoms with Crippen LogP contribution in [0.3, 0.4) is 0 Å². The molecule has 4 amide bonds. The van der Waals surface area contributed by atoms with E-state index in [-0.39, 0.29) is 25.4 Å². The summed E-state index contributed by atoms with van der Waals surface area (Å²) in [5.74, 6) is -4.56. The Labute approximate surface area is 414 Å². The predicted octanol–water partition coefficient (Wildman–Crippen LogP) is 5.11. The Morgan fingerprint density at radius 2 is 1.49 bits per heavy atom. The van der Waals surface area contributed by atoms with E-state index in [1.165, 1.54) is 11.8 Å². The maximum Gasteiger partial charge on any atom is 0.408 e. The van der Waals surface area contributed by atoms with Gasteiger partial charge in [-0.3, -0.25) is 28.9 Å². The highest BCUT2D eigenvalue weighted by Crippen LogP contribution is 2.24. The van der Waals surface area contributed by atoms with Crippen molar-refractivity contribution in [1.82, 2.24) is 25.8 Å².